The molecule has 32 valence electrons. The fourth-order valence-corrected chi connectivity index (χ4v) is 0. The number of hydrogen-bond acceptors (Lipinski definition) is 0. The molecule has 5 heteroatoms. The normalized spacial score (nSPS) is 7.20. The molecule has 0 rings (SSSR count). The van der Waals surface area contributed by atoms with Gasteiger partial charge in [0.25, 0.3) is 0 Å². The van der Waals surface area contributed by atoms with E-state index in [0.29, 0.717) is 0 Å². The molecule has 0 spiro atoms. The third-order valence-corrected chi connectivity index (χ3v) is 0. The minimum absolute atomic E-state index is 0. The van der Waals surface area contributed by atoms with Crippen LogP contribution >= 0.6 is 40.0 Å². The van der Waals surface area contributed by atoms with Crippen LogP contribution < -0.4 is 0 Å². The van der Waals surface area contributed by atoms with Gasteiger partial charge in [0.1, 0.15) is 0 Å². The Labute approximate surface area is 56.2 Å². The number of halogens is 3. The molecule has 0 saturated carbocycles. The maximum absolute atomic E-state index is 4.99. The molecule has 0 bridgehead atoms. The van der Waals surface area contributed by atoms with Crippen molar-refractivity contribution in [2.75, 3.05) is 0 Å². The predicted molar refractivity (Wildman–Crippen MR) is 30.9 cm³/mol. The minimum Gasteiger partial charge on any atom is 0 e. The molecule has 0 N–H and O–H groups in total. The zero-order valence-corrected chi connectivity index (χ0v) is 7.63. The van der Waals surface area contributed by atoms with E-state index in [1.807, 2.05) is 0 Å². The molecule has 0 fully saturated rings. The minimum atomic E-state index is -2.03. The molecule has 0 aliphatic carbocycles. The van der Waals surface area contributed by atoms with Crippen molar-refractivity contribution in [1.29, 1.82) is 0 Å². The maximum atomic E-state index is 4.99. The SMILES string of the molecule is [Cl][Sb]([Cl])[Cl].[S]. The van der Waals surface area contributed by atoms with Gasteiger partial charge in [-0.25, -0.2) is 0 Å². The Balaban J connectivity index is 0. The fraction of sp³-hybridized carbons (Fsp3) is 0. The summed E-state index contributed by atoms with van der Waals surface area (Å²) in [5, 5.41) is 0. The Morgan fingerprint density at radius 2 is 1.00 bits per heavy atom. The van der Waals surface area contributed by atoms with Gasteiger partial charge in [0, 0.05) is 13.5 Å². The van der Waals surface area contributed by atoms with Gasteiger partial charge >= 0.3 is 43.3 Å². The van der Waals surface area contributed by atoms with Crippen LogP contribution in [0.1, 0.15) is 0 Å². The second-order valence-electron chi connectivity index (χ2n) is 0.192. The number of rotatable bonds is 0. The van der Waals surface area contributed by atoms with E-state index >= 15 is 0 Å². The summed E-state index contributed by atoms with van der Waals surface area (Å²) in [7, 11) is 15.0. The molecule has 0 aromatic rings. The summed E-state index contributed by atoms with van der Waals surface area (Å²) in [6.45, 7) is 0. The van der Waals surface area contributed by atoms with Crippen LogP contribution in [-0.4, -0.2) is 16.8 Å². The van der Waals surface area contributed by atoms with Gasteiger partial charge in [-0.1, -0.05) is 0 Å². The standard InChI is InChI=1S/3ClH.S.Sb/h3*1H;;/q;;;;+3/p-3. The monoisotopic (exact) mass is 258 g/mol. The summed E-state index contributed by atoms with van der Waals surface area (Å²) >= 11 is -2.03. The average Bonchev–Trinajstić information content (AvgIpc) is 0.811. The van der Waals surface area contributed by atoms with E-state index in [2.05, 4.69) is 0 Å². The van der Waals surface area contributed by atoms with Crippen molar-refractivity contribution >= 4 is 56.8 Å². The Hall–Kier alpha value is 2.04. The molecule has 0 nitrogen and oxygen atoms in total. The zero-order valence-electron chi connectivity index (χ0n) is 1.99. The van der Waals surface area contributed by atoms with E-state index in [-0.39, 0.29) is 13.5 Å². The summed E-state index contributed by atoms with van der Waals surface area (Å²) < 4.78 is 0. The third-order valence-electron chi connectivity index (χ3n) is 0. The van der Waals surface area contributed by atoms with Crippen molar-refractivity contribution in [3.8, 4) is 0 Å². The summed E-state index contributed by atoms with van der Waals surface area (Å²) in [6, 6.07) is 0. The summed E-state index contributed by atoms with van der Waals surface area (Å²) in [5.41, 5.74) is 0. The van der Waals surface area contributed by atoms with Crippen molar-refractivity contribution in [3.05, 3.63) is 0 Å². The molecule has 0 aromatic carbocycles. The fourth-order valence-electron chi connectivity index (χ4n) is 0. The van der Waals surface area contributed by atoms with E-state index in [4.69, 9.17) is 26.5 Å². The van der Waals surface area contributed by atoms with E-state index in [1.165, 1.54) is 0 Å². The van der Waals surface area contributed by atoms with Crippen molar-refractivity contribution in [2.45, 2.75) is 0 Å². The van der Waals surface area contributed by atoms with E-state index in [9.17, 15) is 0 Å². The second kappa shape index (κ2) is 6.04. The maximum Gasteiger partial charge on any atom is 0 e. The van der Waals surface area contributed by atoms with Crippen LogP contribution in [-0.2, 0) is 0 Å². The Kier molecular flexibility index (Phi) is 12.2. The van der Waals surface area contributed by atoms with Crippen LogP contribution in [0.2, 0.25) is 0 Å². The molecule has 0 aromatic heterocycles. The third kappa shape index (κ3) is 23.7. The van der Waals surface area contributed by atoms with Crippen molar-refractivity contribution < 1.29 is 0 Å². The Morgan fingerprint density at radius 1 is 1.00 bits per heavy atom. The molecule has 0 aliphatic heterocycles. The van der Waals surface area contributed by atoms with Gasteiger partial charge in [0.15, 0.2) is 0 Å². The second-order valence-corrected chi connectivity index (χ2v) is 11.6. The largest absolute Gasteiger partial charge is 0 e. The van der Waals surface area contributed by atoms with Crippen molar-refractivity contribution in [3.63, 3.8) is 0 Å². The van der Waals surface area contributed by atoms with Gasteiger partial charge in [0.2, 0.25) is 0 Å². The first-order chi connectivity index (χ1) is 1.73. The molecular formula is Cl3SSb. The quantitative estimate of drug-likeness (QED) is 0.586. The van der Waals surface area contributed by atoms with Crippen LogP contribution in [0.4, 0.5) is 0 Å². The van der Waals surface area contributed by atoms with Crippen LogP contribution in [0.3, 0.4) is 0 Å². The smallest absolute Gasteiger partial charge is 0 e. The van der Waals surface area contributed by atoms with Gasteiger partial charge in [-0.3, -0.25) is 0 Å². The number of hydrogen-bond donors (Lipinski definition) is 0. The summed E-state index contributed by atoms with van der Waals surface area (Å²) in [5.74, 6) is 0. The summed E-state index contributed by atoms with van der Waals surface area (Å²) in [6.07, 6.45) is 0. The van der Waals surface area contributed by atoms with Gasteiger partial charge < -0.3 is 0 Å². The average molecular weight is 260 g/mol. The van der Waals surface area contributed by atoms with Crippen molar-refractivity contribution in [1.82, 2.24) is 0 Å². The van der Waals surface area contributed by atoms with Crippen LogP contribution in [0, 0.1) is 0 Å². The first-order valence-electron chi connectivity index (χ1n) is 0.507. The molecule has 5 heavy (non-hydrogen) atoms. The van der Waals surface area contributed by atoms with Gasteiger partial charge in [-0.05, 0) is 0 Å². The van der Waals surface area contributed by atoms with Crippen LogP contribution in [0.5, 0.6) is 0 Å². The molecule has 0 aliphatic rings. The molecule has 0 unspecified atom stereocenters. The van der Waals surface area contributed by atoms with Gasteiger partial charge in [-0.2, -0.15) is 0 Å². The Bertz CT molecular complexity index is 11.6. The molecule has 2 radical (unpaired) electrons. The van der Waals surface area contributed by atoms with Gasteiger partial charge in [-0.15, -0.1) is 0 Å². The molecule has 0 amide bonds. The van der Waals surface area contributed by atoms with Gasteiger partial charge in [0.05, 0.1) is 0 Å². The predicted octanol–water partition coefficient (Wildman–Crippen LogP) is 2.34. The molecule has 0 atom stereocenters. The topological polar surface area (TPSA) is 0 Å². The van der Waals surface area contributed by atoms with E-state index in [1.54, 1.807) is 0 Å². The first-order valence-corrected chi connectivity index (χ1v) is 10.2. The Morgan fingerprint density at radius 3 is 1.00 bits per heavy atom. The van der Waals surface area contributed by atoms with E-state index in [0.717, 1.165) is 0 Å². The molecule has 0 saturated heterocycles. The molecular weight excluding hydrogens is 260 g/mol. The van der Waals surface area contributed by atoms with E-state index < -0.39 is 16.8 Å². The van der Waals surface area contributed by atoms with Crippen molar-refractivity contribution in [2.24, 2.45) is 0 Å². The van der Waals surface area contributed by atoms with Crippen LogP contribution in [0.25, 0.3) is 0 Å². The first kappa shape index (κ1) is 10.1. The molecule has 0 heterocycles. The summed E-state index contributed by atoms with van der Waals surface area (Å²) in [4.78, 5) is 0. The van der Waals surface area contributed by atoms with Crippen LogP contribution in [0.15, 0.2) is 0 Å². The zero-order chi connectivity index (χ0) is 3.58.